The third-order valence-corrected chi connectivity index (χ3v) is 2.83. The Bertz CT molecular complexity index is 480. The van der Waals surface area contributed by atoms with Gasteiger partial charge in [-0.3, -0.25) is 0 Å². The van der Waals surface area contributed by atoms with Crippen molar-refractivity contribution in [2.75, 3.05) is 19.1 Å². The Hall–Kier alpha value is -2.07. The molecule has 18 heavy (non-hydrogen) atoms. The molecule has 0 radical (unpaired) electrons. The molecule has 4 nitrogen and oxygen atoms in total. The Kier molecular flexibility index (Phi) is 3.79. The van der Waals surface area contributed by atoms with E-state index in [2.05, 4.69) is 4.98 Å². The molecule has 4 heteroatoms. The van der Waals surface area contributed by atoms with E-state index in [1.165, 1.54) is 0 Å². The molecule has 0 unspecified atom stereocenters. The molecule has 0 saturated heterocycles. The highest BCUT2D eigenvalue weighted by Gasteiger charge is 2.06. The number of nitrogens with zero attached hydrogens (tertiary/aromatic N) is 2. The van der Waals surface area contributed by atoms with Crippen molar-refractivity contribution in [2.24, 2.45) is 5.73 Å². The zero-order chi connectivity index (χ0) is 13.0. The van der Waals surface area contributed by atoms with Crippen LogP contribution in [0.1, 0.15) is 5.56 Å². The number of hydrogen-bond acceptors (Lipinski definition) is 4. The van der Waals surface area contributed by atoms with E-state index in [1.54, 1.807) is 13.3 Å². The number of ether oxygens (including phenoxy) is 1. The number of anilines is 2. The zero-order valence-corrected chi connectivity index (χ0v) is 10.6. The number of methoxy groups -OCH3 is 1. The second-order valence-electron chi connectivity index (χ2n) is 3.99. The molecule has 1 heterocycles. The summed E-state index contributed by atoms with van der Waals surface area (Å²) in [5.74, 6) is 1.69. The SMILES string of the molecule is COc1cccc(N(C)c2cc(CN)ccn2)c1. The van der Waals surface area contributed by atoms with Crippen molar-refractivity contribution in [1.82, 2.24) is 4.98 Å². The predicted octanol–water partition coefficient (Wildman–Crippen LogP) is 2.32. The van der Waals surface area contributed by atoms with Crippen molar-refractivity contribution in [2.45, 2.75) is 6.54 Å². The lowest BCUT2D eigenvalue weighted by atomic mass is 10.2. The summed E-state index contributed by atoms with van der Waals surface area (Å²) in [6, 6.07) is 11.8. The lowest BCUT2D eigenvalue weighted by Crippen LogP contribution is -2.12. The number of aromatic nitrogens is 1. The third-order valence-electron chi connectivity index (χ3n) is 2.83. The highest BCUT2D eigenvalue weighted by molar-refractivity contribution is 5.61. The molecule has 94 valence electrons. The van der Waals surface area contributed by atoms with E-state index in [4.69, 9.17) is 10.5 Å². The van der Waals surface area contributed by atoms with Crippen molar-refractivity contribution in [3.8, 4) is 5.75 Å². The summed E-state index contributed by atoms with van der Waals surface area (Å²) in [7, 11) is 3.63. The molecule has 0 atom stereocenters. The lowest BCUT2D eigenvalue weighted by molar-refractivity contribution is 0.415. The number of nitrogens with two attached hydrogens (primary N) is 1. The number of hydrogen-bond donors (Lipinski definition) is 1. The van der Waals surface area contributed by atoms with Crippen molar-refractivity contribution >= 4 is 11.5 Å². The molecule has 1 aromatic heterocycles. The molecular weight excluding hydrogens is 226 g/mol. The summed E-state index contributed by atoms with van der Waals surface area (Å²) in [5.41, 5.74) is 7.73. The largest absolute Gasteiger partial charge is 0.497 e. The van der Waals surface area contributed by atoms with Gasteiger partial charge in [-0.1, -0.05) is 6.07 Å². The first-order chi connectivity index (χ1) is 8.74. The van der Waals surface area contributed by atoms with Crippen LogP contribution in [0.4, 0.5) is 11.5 Å². The van der Waals surface area contributed by atoms with Gasteiger partial charge in [0, 0.05) is 31.5 Å². The minimum atomic E-state index is 0.515. The standard InChI is InChI=1S/C14H17N3O/c1-17(12-4-3-5-13(9-12)18-2)14-8-11(10-15)6-7-16-14/h3-9H,10,15H2,1-2H3. The normalized spacial score (nSPS) is 10.2. The van der Waals surface area contributed by atoms with Crippen molar-refractivity contribution in [3.05, 3.63) is 48.2 Å². The van der Waals surface area contributed by atoms with Crippen LogP contribution < -0.4 is 15.4 Å². The monoisotopic (exact) mass is 243 g/mol. The first-order valence-electron chi connectivity index (χ1n) is 5.77. The van der Waals surface area contributed by atoms with Crippen LogP contribution in [0.3, 0.4) is 0 Å². The zero-order valence-electron chi connectivity index (χ0n) is 10.6. The van der Waals surface area contributed by atoms with Gasteiger partial charge in [0.2, 0.25) is 0 Å². The van der Waals surface area contributed by atoms with E-state index >= 15 is 0 Å². The van der Waals surface area contributed by atoms with Crippen LogP contribution >= 0.6 is 0 Å². The summed E-state index contributed by atoms with van der Waals surface area (Å²) < 4.78 is 5.22. The van der Waals surface area contributed by atoms with E-state index < -0.39 is 0 Å². The van der Waals surface area contributed by atoms with Gasteiger partial charge in [0.1, 0.15) is 11.6 Å². The van der Waals surface area contributed by atoms with Crippen molar-refractivity contribution < 1.29 is 4.74 Å². The van der Waals surface area contributed by atoms with Gasteiger partial charge in [-0.15, -0.1) is 0 Å². The number of benzene rings is 1. The Balaban J connectivity index is 2.31. The first-order valence-corrected chi connectivity index (χ1v) is 5.77. The summed E-state index contributed by atoms with van der Waals surface area (Å²) in [6.07, 6.45) is 1.77. The molecule has 0 aliphatic rings. The minimum absolute atomic E-state index is 0.515. The molecule has 0 aliphatic carbocycles. The van der Waals surface area contributed by atoms with Crippen LogP contribution in [0.15, 0.2) is 42.6 Å². The van der Waals surface area contributed by atoms with Crippen LogP contribution in [-0.2, 0) is 6.54 Å². The molecule has 2 aromatic rings. The number of pyridine rings is 1. The second-order valence-corrected chi connectivity index (χ2v) is 3.99. The fourth-order valence-corrected chi connectivity index (χ4v) is 1.72. The maximum Gasteiger partial charge on any atom is 0.132 e. The van der Waals surface area contributed by atoms with Crippen LogP contribution in [0.2, 0.25) is 0 Å². The summed E-state index contributed by atoms with van der Waals surface area (Å²) in [5, 5.41) is 0. The molecule has 0 spiro atoms. The van der Waals surface area contributed by atoms with Crippen molar-refractivity contribution in [3.63, 3.8) is 0 Å². The number of rotatable bonds is 4. The van der Waals surface area contributed by atoms with Gasteiger partial charge < -0.3 is 15.4 Å². The van der Waals surface area contributed by atoms with Crippen LogP contribution in [0, 0.1) is 0 Å². The molecule has 0 aliphatic heterocycles. The molecular formula is C14H17N3O. The Morgan fingerprint density at radius 3 is 2.83 bits per heavy atom. The van der Waals surface area contributed by atoms with E-state index in [1.807, 2.05) is 48.3 Å². The molecule has 0 amide bonds. The average Bonchev–Trinajstić information content (AvgIpc) is 2.46. The second kappa shape index (κ2) is 5.51. The smallest absolute Gasteiger partial charge is 0.132 e. The maximum atomic E-state index is 5.64. The highest BCUT2D eigenvalue weighted by Crippen LogP contribution is 2.25. The molecule has 1 aromatic carbocycles. The van der Waals surface area contributed by atoms with Gasteiger partial charge in [-0.2, -0.15) is 0 Å². The maximum absolute atomic E-state index is 5.64. The van der Waals surface area contributed by atoms with Crippen LogP contribution in [0.25, 0.3) is 0 Å². The summed E-state index contributed by atoms with van der Waals surface area (Å²) >= 11 is 0. The van der Waals surface area contributed by atoms with E-state index in [0.29, 0.717) is 6.54 Å². The Labute approximate surface area is 107 Å². The van der Waals surface area contributed by atoms with Crippen LogP contribution in [0.5, 0.6) is 5.75 Å². The molecule has 0 bridgehead atoms. The van der Waals surface area contributed by atoms with Gasteiger partial charge >= 0.3 is 0 Å². The van der Waals surface area contributed by atoms with Crippen molar-refractivity contribution in [1.29, 1.82) is 0 Å². The highest BCUT2D eigenvalue weighted by atomic mass is 16.5. The molecule has 0 saturated carbocycles. The lowest BCUT2D eigenvalue weighted by Gasteiger charge is -2.19. The van der Waals surface area contributed by atoms with Gasteiger partial charge in [-0.25, -0.2) is 4.98 Å². The van der Waals surface area contributed by atoms with E-state index in [-0.39, 0.29) is 0 Å². The Morgan fingerprint density at radius 1 is 1.28 bits per heavy atom. The quantitative estimate of drug-likeness (QED) is 0.895. The first kappa shape index (κ1) is 12.4. The van der Waals surface area contributed by atoms with E-state index in [0.717, 1.165) is 22.8 Å². The summed E-state index contributed by atoms with van der Waals surface area (Å²) in [4.78, 5) is 6.35. The fraction of sp³-hybridized carbons (Fsp3) is 0.214. The molecule has 0 fully saturated rings. The summed E-state index contributed by atoms with van der Waals surface area (Å²) in [6.45, 7) is 0.515. The minimum Gasteiger partial charge on any atom is -0.497 e. The molecule has 2 N–H and O–H groups in total. The van der Waals surface area contributed by atoms with Gasteiger partial charge in [-0.05, 0) is 29.8 Å². The topological polar surface area (TPSA) is 51.4 Å². The van der Waals surface area contributed by atoms with Crippen LogP contribution in [-0.4, -0.2) is 19.1 Å². The van der Waals surface area contributed by atoms with Gasteiger partial charge in [0.15, 0.2) is 0 Å². The fourth-order valence-electron chi connectivity index (χ4n) is 1.72. The third kappa shape index (κ3) is 2.60. The van der Waals surface area contributed by atoms with Gasteiger partial charge in [0.05, 0.1) is 7.11 Å². The van der Waals surface area contributed by atoms with Gasteiger partial charge in [0.25, 0.3) is 0 Å². The predicted molar refractivity (Wildman–Crippen MR) is 73.2 cm³/mol. The van der Waals surface area contributed by atoms with E-state index in [9.17, 15) is 0 Å². The Morgan fingerprint density at radius 2 is 2.11 bits per heavy atom. The average molecular weight is 243 g/mol. The molecule has 2 rings (SSSR count).